The highest BCUT2D eigenvalue weighted by Gasteiger charge is 2.36. The average Bonchev–Trinajstić information content (AvgIpc) is 3.06. The Morgan fingerprint density at radius 3 is 2.92 bits per heavy atom. The molecule has 0 radical (unpaired) electrons. The molecule has 132 valence electrons. The van der Waals surface area contributed by atoms with Crippen molar-refractivity contribution in [2.45, 2.75) is 25.7 Å². The van der Waals surface area contributed by atoms with E-state index in [0.717, 1.165) is 0 Å². The average molecular weight is 359 g/mol. The van der Waals surface area contributed by atoms with Crippen LogP contribution >= 0.6 is 7.82 Å². The summed E-state index contributed by atoms with van der Waals surface area (Å²) in [5.74, 6) is 0.367. The maximum atomic E-state index is 10.8. The van der Waals surface area contributed by atoms with E-state index in [1.54, 1.807) is 10.9 Å². The second kappa shape index (κ2) is 6.26. The maximum Gasteiger partial charge on any atom is 0.469 e. The molecule has 2 aromatic heterocycles. The normalized spacial score (nSPS) is 24.6. The number of rotatable bonds is 5. The SMILES string of the molecule is COc1nc(N)nc2c1ncn2C1OC(COP(=O)(O)O)CC1C. The first-order valence-electron chi connectivity index (χ1n) is 7.18. The fraction of sp³-hybridized carbons (Fsp3) is 0.583. The number of phosphoric acid groups is 1. The molecular formula is C12H18N5O6P. The van der Waals surface area contributed by atoms with E-state index >= 15 is 0 Å². The van der Waals surface area contributed by atoms with E-state index in [1.807, 2.05) is 6.92 Å². The molecule has 0 bridgehead atoms. The quantitative estimate of drug-likeness (QED) is 0.641. The fourth-order valence-corrected chi connectivity index (χ4v) is 3.14. The Bertz CT molecular complexity index is 792. The molecule has 3 unspecified atom stereocenters. The van der Waals surface area contributed by atoms with Crippen molar-refractivity contribution < 1.29 is 28.3 Å². The molecule has 0 aromatic carbocycles. The van der Waals surface area contributed by atoms with Gasteiger partial charge in [-0.3, -0.25) is 9.09 Å². The summed E-state index contributed by atoms with van der Waals surface area (Å²) < 4.78 is 28.0. The van der Waals surface area contributed by atoms with Crippen LogP contribution in [0.1, 0.15) is 19.6 Å². The van der Waals surface area contributed by atoms with Crippen LogP contribution in [0.4, 0.5) is 5.95 Å². The van der Waals surface area contributed by atoms with Crippen LogP contribution in [-0.2, 0) is 13.8 Å². The summed E-state index contributed by atoms with van der Waals surface area (Å²) in [4.78, 5) is 30.0. The van der Waals surface area contributed by atoms with Crippen LogP contribution in [0, 0.1) is 5.92 Å². The molecule has 2 aromatic rings. The number of ether oxygens (including phenoxy) is 2. The summed E-state index contributed by atoms with van der Waals surface area (Å²) in [5.41, 5.74) is 6.62. The topological polar surface area (TPSA) is 155 Å². The molecule has 3 atom stereocenters. The van der Waals surface area contributed by atoms with Crippen molar-refractivity contribution in [1.29, 1.82) is 0 Å². The number of nitrogens with two attached hydrogens (primary N) is 1. The van der Waals surface area contributed by atoms with Gasteiger partial charge in [0.15, 0.2) is 11.2 Å². The lowest BCUT2D eigenvalue weighted by Crippen LogP contribution is -2.17. The molecule has 3 heterocycles. The van der Waals surface area contributed by atoms with Gasteiger partial charge in [0.2, 0.25) is 11.8 Å². The molecule has 0 aliphatic carbocycles. The highest BCUT2D eigenvalue weighted by molar-refractivity contribution is 7.46. The summed E-state index contributed by atoms with van der Waals surface area (Å²) in [5, 5.41) is 0. The molecule has 1 fully saturated rings. The number of fused-ring (bicyclic) bond motifs is 1. The summed E-state index contributed by atoms with van der Waals surface area (Å²) in [6, 6.07) is 0. The van der Waals surface area contributed by atoms with Crippen LogP contribution in [0.25, 0.3) is 11.2 Å². The predicted molar refractivity (Wildman–Crippen MR) is 82.0 cm³/mol. The van der Waals surface area contributed by atoms with Crippen LogP contribution in [-0.4, -0.2) is 49.1 Å². The van der Waals surface area contributed by atoms with Gasteiger partial charge in [-0.15, -0.1) is 0 Å². The maximum absolute atomic E-state index is 10.8. The van der Waals surface area contributed by atoms with Gasteiger partial charge in [-0.2, -0.15) is 9.97 Å². The van der Waals surface area contributed by atoms with Crippen molar-refractivity contribution in [2.24, 2.45) is 5.92 Å². The molecular weight excluding hydrogens is 341 g/mol. The predicted octanol–water partition coefficient (Wildman–Crippen LogP) is 0.450. The molecule has 24 heavy (non-hydrogen) atoms. The van der Waals surface area contributed by atoms with Crippen LogP contribution in [0.5, 0.6) is 5.88 Å². The van der Waals surface area contributed by atoms with Crippen LogP contribution in [0.2, 0.25) is 0 Å². The third kappa shape index (κ3) is 3.35. The lowest BCUT2D eigenvalue weighted by molar-refractivity contribution is -0.0290. The number of hydrogen-bond donors (Lipinski definition) is 3. The van der Waals surface area contributed by atoms with Gasteiger partial charge in [0.1, 0.15) is 6.23 Å². The standard InChI is InChI=1S/C12H18N5O6P/c1-6-3-7(4-22-24(18,19)20)23-11(6)17-5-14-8-9(17)15-12(13)16-10(8)21-2/h5-7,11H,3-4H2,1-2H3,(H2,13,15,16)(H2,18,19,20). The third-order valence-electron chi connectivity index (χ3n) is 3.76. The lowest BCUT2D eigenvalue weighted by atomic mass is 10.1. The van der Waals surface area contributed by atoms with Crippen LogP contribution in [0.3, 0.4) is 0 Å². The summed E-state index contributed by atoms with van der Waals surface area (Å²) in [6.07, 6.45) is 1.26. The number of hydrogen-bond acceptors (Lipinski definition) is 8. The molecule has 1 aliphatic heterocycles. The van der Waals surface area contributed by atoms with Gasteiger partial charge in [0.05, 0.1) is 26.1 Å². The van der Waals surface area contributed by atoms with Crippen molar-refractivity contribution in [3.63, 3.8) is 0 Å². The first kappa shape index (κ1) is 17.1. The molecule has 12 heteroatoms. The van der Waals surface area contributed by atoms with Crippen molar-refractivity contribution in [3.8, 4) is 5.88 Å². The smallest absolute Gasteiger partial charge is 0.469 e. The van der Waals surface area contributed by atoms with E-state index in [9.17, 15) is 4.57 Å². The lowest BCUT2D eigenvalue weighted by Gasteiger charge is -2.18. The summed E-state index contributed by atoms with van der Waals surface area (Å²) in [7, 11) is -3.06. The Hall–Kier alpha value is -1.78. The van der Waals surface area contributed by atoms with Crippen molar-refractivity contribution in [2.75, 3.05) is 19.5 Å². The Balaban J connectivity index is 1.85. The van der Waals surface area contributed by atoms with E-state index in [1.165, 1.54) is 7.11 Å². The minimum atomic E-state index is -4.53. The number of imidazole rings is 1. The van der Waals surface area contributed by atoms with E-state index in [-0.39, 0.29) is 24.4 Å². The highest BCUT2D eigenvalue weighted by Crippen LogP contribution is 2.40. The second-order valence-electron chi connectivity index (χ2n) is 5.56. The summed E-state index contributed by atoms with van der Waals surface area (Å²) >= 11 is 0. The molecule has 11 nitrogen and oxygen atoms in total. The number of aromatic nitrogens is 4. The number of phosphoric ester groups is 1. The van der Waals surface area contributed by atoms with Gasteiger partial charge in [0, 0.05) is 5.92 Å². The zero-order chi connectivity index (χ0) is 17.5. The van der Waals surface area contributed by atoms with E-state index in [0.29, 0.717) is 17.6 Å². The monoisotopic (exact) mass is 359 g/mol. The number of methoxy groups -OCH3 is 1. The number of nitrogen functional groups attached to an aromatic ring is 1. The fourth-order valence-electron chi connectivity index (χ4n) is 2.78. The van der Waals surface area contributed by atoms with Gasteiger partial charge in [-0.25, -0.2) is 9.55 Å². The molecule has 0 spiro atoms. The third-order valence-corrected chi connectivity index (χ3v) is 4.24. The molecule has 3 rings (SSSR count). The molecule has 1 saturated heterocycles. The zero-order valence-corrected chi connectivity index (χ0v) is 14.0. The van der Waals surface area contributed by atoms with Crippen molar-refractivity contribution in [3.05, 3.63) is 6.33 Å². The van der Waals surface area contributed by atoms with Crippen molar-refractivity contribution in [1.82, 2.24) is 19.5 Å². The second-order valence-corrected chi connectivity index (χ2v) is 6.80. The van der Waals surface area contributed by atoms with Crippen LogP contribution < -0.4 is 10.5 Å². The van der Waals surface area contributed by atoms with Gasteiger partial charge in [-0.05, 0) is 6.42 Å². The van der Waals surface area contributed by atoms with E-state index in [2.05, 4.69) is 19.5 Å². The minimum Gasteiger partial charge on any atom is -0.479 e. The van der Waals surface area contributed by atoms with Gasteiger partial charge >= 0.3 is 7.82 Å². The van der Waals surface area contributed by atoms with E-state index < -0.39 is 20.2 Å². The molecule has 1 aliphatic rings. The highest BCUT2D eigenvalue weighted by atomic mass is 31.2. The minimum absolute atomic E-state index is 0.0492. The largest absolute Gasteiger partial charge is 0.479 e. The Morgan fingerprint density at radius 2 is 2.25 bits per heavy atom. The first-order valence-corrected chi connectivity index (χ1v) is 8.71. The molecule has 0 saturated carbocycles. The Labute approximate surface area is 137 Å². The van der Waals surface area contributed by atoms with Gasteiger partial charge < -0.3 is 25.0 Å². The van der Waals surface area contributed by atoms with Crippen LogP contribution in [0.15, 0.2) is 6.33 Å². The zero-order valence-electron chi connectivity index (χ0n) is 13.1. The van der Waals surface area contributed by atoms with Crippen molar-refractivity contribution >= 4 is 24.9 Å². The Kier molecular flexibility index (Phi) is 4.45. The Morgan fingerprint density at radius 1 is 1.50 bits per heavy atom. The first-order chi connectivity index (χ1) is 11.3. The summed E-state index contributed by atoms with van der Waals surface area (Å²) in [6.45, 7) is 1.76. The van der Waals surface area contributed by atoms with Gasteiger partial charge in [-0.1, -0.05) is 6.92 Å². The van der Waals surface area contributed by atoms with E-state index in [4.69, 9.17) is 25.0 Å². The molecule has 0 amide bonds. The number of nitrogens with zero attached hydrogens (tertiary/aromatic N) is 4. The molecule has 4 N–H and O–H groups in total. The number of anilines is 1. The van der Waals surface area contributed by atoms with Gasteiger partial charge in [0.25, 0.3) is 0 Å².